The molecule has 6 nitrogen and oxygen atoms in total. The molecule has 0 aliphatic rings. The highest BCUT2D eigenvalue weighted by Gasteiger charge is 2.16. The SMILES string of the molecule is CCNC(=NCC(C)c1c(C)noc1C)NCCN(C(C)C)C(C)C.I. The van der Waals surface area contributed by atoms with Gasteiger partial charge in [0.25, 0.3) is 0 Å². The molecule has 0 aliphatic carbocycles. The van der Waals surface area contributed by atoms with Gasteiger partial charge in [0, 0.05) is 49.7 Å². The highest BCUT2D eigenvalue weighted by atomic mass is 127. The topological polar surface area (TPSA) is 65.7 Å². The summed E-state index contributed by atoms with van der Waals surface area (Å²) in [5.74, 6) is 2.04. The van der Waals surface area contributed by atoms with Crippen LogP contribution in [-0.2, 0) is 0 Å². The summed E-state index contributed by atoms with van der Waals surface area (Å²) in [6.45, 7) is 20.6. The lowest BCUT2D eigenvalue weighted by Gasteiger charge is -2.30. The average molecular weight is 479 g/mol. The molecule has 152 valence electrons. The van der Waals surface area contributed by atoms with Gasteiger partial charge in [-0.3, -0.25) is 9.89 Å². The highest BCUT2D eigenvalue weighted by molar-refractivity contribution is 14.0. The molecule has 7 heteroatoms. The van der Waals surface area contributed by atoms with E-state index < -0.39 is 0 Å². The van der Waals surface area contributed by atoms with Crippen LogP contribution in [0.1, 0.15) is 64.5 Å². The van der Waals surface area contributed by atoms with Crippen LogP contribution in [0.4, 0.5) is 0 Å². The molecule has 26 heavy (non-hydrogen) atoms. The Kier molecular flexibility index (Phi) is 12.1. The molecule has 1 atom stereocenters. The van der Waals surface area contributed by atoms with Crippen LogP contribution in [-0.4, -0.2) is 54.3 Å². The van der Waals surface area contributed by atoms with Crippen LogP contribution >= 0.6 is 24.0 Å². The Labute approximate surface area is 176 Å². The molecule has 0 spiro atoms. The summed E-state index contributed by atoms with van der Waals surface area (Å²) < 4.78 is 5.27. The number of aromatic nitrogens is 1. The molecule has 0 saturated carbocycles. The quantitative estimate of drug-likeness (QED) is 0.321. The molecule has 0 bridgehead atoms. The molecule has 1 heterocycles. The lowest BCUT2D eigenvalue weighted by atomic mass is 10.00. The molecule has 0 aromatic carbocycles. The summed E-state index contributed by atoms with van der Waals surface area (Å²) in [6, 6.07) is 1.08. The Hall–Kier alpha value is -0.830. The Morgan fingerprint density at radius 1 is 1.12 bits per heavy atom. The van der Waals surface area contributed by atoms with Crippen LogP contribution in [0.5, 0.6) is 0 Å². The lowest BCUT2D eigenvalue weighted by Crippen LogP contribution is -2.45. The fourth-order valence-electron chi connectivity index (χ4n) is 3.27. The van der Waals surface area contributed by atoms with Crippen molar-refractivity contribution in [3.63, 3.8) is 0 Å². The zero-order chi connectivity index (χ0) is 19.0. The van der Waals surface area contributed by atoms with Gasteiger partial charge in [-0.05, 0) is 48.5 Å². The number of guanidine groups is 1. The zero-order valence-corrected chi connectivity index (χ0v) is 20.0. The van der Waals surface area contributed by atoms with E-state index in [1.165, 1.54) is 5.56 Å². The normalized spacial score (nSPS) is 13.3. The molecule has 2 N–H and O–H groups in total. The van der Waals surface area contributed by atoms with Crippen molar-refractivity contribution in [1.29, 1.82) is 0 Å². The number of nitrogens with one attached hydrogen (secondary N) is 2. The first-order chi connectivity index (χ1) is 11.8. The third-order valence-electron chi connectivity index (χ3n) is 4.44. The summed E-state index contributed by atoms with van der Waals surface area (Å²) in [4.78, 5) is 7.22. The number of hydrogen-bond donors (Lipinski definition) is 2. The minimum Gasteiger partial charge on any atom is -0.361 e. The van der Waals surface area contributed by atoms with Gasteiger partial charge in [-0.1, -0.05) is 12.1 Å². The van der Waals surface area contributed by atoms with Crippen LogP contribution in [0, 0.1) is 13.8 Å². The van der Waals surface area contributed by atoms with E-state index >= 15 is 0 Å². The van der Waals surface area contributed by atoms with E-state index in [1.807, 2.05) is 13.8 Å². The van der Waals surface area contributed by atoms with Gasteiger partial charge in [0.1, 0.15) is 5.76 Å². The van der Waals surface area contributed by atoms with E-state index in [9.17, 15) is 0 Å². The van der Waals surface area contributed by atoms with Crippen LogP contribution in [0.2, 0.25) is 0 Å². The predicted molar refractivity (Wildman–Crippen MR) is 121 cm³/mol. The molecule has 0 fully saturated rings. The molecule has 0 saturated heterocycles. The van der Waals surface area contributed by atoms with Crippen molar-refractivity contribution in [3.8, 4) is 0 Å². The minimum atomic E-state index is 0. The van der Waals surface area contributed by atoms with Crippen molar-refractivity contribution in [2.24, 2.45) is 4.99 Å². The maximum atomic E-state index is 5.27. The number of nitrogens with zero attached hydrogens (tertiary/aromatic N) is 3. The van der Waals surface area contributed by atoms with Crippen molar-refractivity contribution >= 4 is 29.9 Å². The largest absolute Gasteiger partial charge is 0.361 e. The van der Waals surface area contributed by atoms with E-state index in [4.69, 9.17) is 9.52 Å². The van der Waals surface area contributed by atoms with E-state index in [2.05, 4.69) is 62.2 Å². The minimum absolute atomic E-state index is 0. The summed E-state index contributed by atoms with van der Waals surface area (Å²) in [5, 5.41) is 10.8. The van der Waals surface area contributed by atoms with Crippen molar-refractivity contribution in [2.75, 3.05) is 26.2 Å². The lowest BCUT2D eigenvalue weighted by molar-refractivity contribution is 0.178. The van der Waals surface area contributed by atoms with Crippen LogP contribution in [0.15, 0.2) is 9.52 Å². The molecular formula is C19H38IN5O. The standard InChI is InChI=1S/C19H37N5O.HI/c1-9-20-19(21-10-11-24(13(2)3)14(4)5)22-12-15(6)18-16(7)23-25-17(18)8;/h13-15H,9-12H2,1-8H3,(H2,20,21,22);1H. The average Bonchev–Trinajstić information content (AvgIpc) is 2.86. The van der Waals surface area contributed by atoms with E-state index in [0.717, 1.165) is 37.0 Å². The van der Waals surface area contributed by atoms with Gasteiger partial charge in [-0.25, -0.2) is 0 Å². The number of rotatable bonds is 9. The van der Waals surface area contributed by atoms with Crippen molar-refractivity contribution in [3.05, 3.63) is 17.0 Å². The van der Waals surface area contributed by atoms with Gasteiger partial charge in [0.15, 0.2) is 5.96 Å². The molecule has 1 unspecified atom stereocenters. The fraction of sp³-hybridized carbons (Fsp3) is 0.789. The summed E-state index contributed by atoms with van der Waals surface area (Å²) in [5.41, 5.74) is 2.13. The first-order valence-corrected chi connectivity index (χ1v) is 9.48. The Morgan fingerprint density at radius 2 is 1.73 bits per heavy atom. The van der Waals surface area contributed by atoms with E-state index in [1.54, 1.807) is 0 Å². The van der Waals surface area contributed by atoms with Gasteiger partial charge in [-0.2, -0.15) is 0 Å². The molecular weight excluding hydrogens is 441 g/mol. The number of halogens is 1. The van der Waals surface area contributed by atoms with Gasteiger partial charge in [0.05, 0.1) is 5.69 Å². The van der Waals surface area contributed by atoms with Gasteiger partial charge in [-0.15, -0.1) is 24.0 Å². The summed E-state index contributed by atoms with van der Waals surface area (Å²) in [7, 11) is 0. The van der Waals surface area contributed by atoms with Gasteiger partial charge in [0.2, 0.25) is 0 Å². The Balaban J connectivity index is 0.00000625. The Morgan fingerprint density at radius 3 is 2.19 bits per heavy atom. The van der Waals surface area contributed by atoms with Gasteiger partial charge < -0.3 is 15.2 Å². The molecule has 1 aromatic rings. The van der Waals surface area contributed by atoms with Gasteiger partial charge >= 0.3 is 0 Å². The van der Waals surface area contributed by atoms with Crippen molar-refractivity contribution in [1.82, 2.24) is 20.7 Å². The second kappa shape index (κ2) is 12.5. The number of aliphatic imine (C=N–C) groups is 1. The Bertz CT molecular complexity index is 515. The van der Waals surface area contributed by atoms with Crippen LogP contribution in [0.25, 0.3) is 0 Å². The maximum Gasteiger partial charge on any atom is 0.191 e. The number of hydrogen-bond acceptors (Lipinski definition) is 4. The smallest absolute Gasteiger partial charge is 0.191 e. The maximum absolute atomic E-state index is 5.27. The third-order valence-corrected chi connectivity index (χ3v) is 4.44. The second-order valence-electron chi connectivity index (χ2n) is 7.21. The summed E-state index contributed by atoms with van der Waals surface area (Å²) >= 11 is 0. The zero-order valence-electron chi connectivity index (χ0n) is 17.7. The van der Waals surface area contributed by atoms with Crippen LogP contribution in [0.3, 0.4) is 0 Å². The molecule has 0 aliphatic heterocycles. The molecule has 0 amide bonds. The van der Waals surface area contributed by atoms with E-state index in [-0.39, 0.29) is 29.9 Å². The second-order valence-corrected chi connectivity index (χ2v) is 7.21. The third kappa shape index (κ3) is 7.82. The predicted octanol–water partition coefficient (Wildman–Crippen LogP) is 3.69. The monoisotopic (exact) mass is 479 g/mol. The highest BCUT2D eigenvalue weighted by Crippen LogP contribution is 2.23. The van der Waals surface area contributed by atoms with Crippen LogP contribution < -0.4 is 10.6 Å². The fourth-order valence-corrected chi connectivity index (χ4v) is 3.27. The van der Waals surface area contributed by atoms with E-state index in [0.29, 0.717) is 18.6 Å². The van der Waals surface area contributed by atoms with Crippen molar-refractivity contribution in [2.45, 2.75) is 73.4 Å². The first kappa shape index (κ1) is 25.2. The number of aryl methyl sites for hydroxylation is 2. The van der Waals surface area contributed by atoms with Crippen molar-refractivity contribution < 1.29 is 4.52 Å². The molecule has 0 radical (unpaired) electrons. The first-order valence-electron chi connectivity index (χ1n) is 9.48. The summed E-state index contributed by atoms with van der Waals surface area (Å²) in [6.07, 6.45) is 0. The molecule has 1 aromatic heterocycles. The molecule has 1 rings (SSSR count).